The standard InChI is InChI=1S/C8H10O3/c1-8(3-2-7(9)10)4-5-11-6-8/h4-6H2,1H3,(H,9,10). The van der Waals surface area contributed by atoms with Crippen LogP contribution in [0.1, 0.15) is 13.3 Å². The molecule has 0 saturated carbocycles. The van der Waals surface area contributed by atoms with Crippen molar-refractivity contribution in [3.05, 3.63) is 0 Å². The molecule has 1 N–H and O–H groups in total. The Balaban J connectivity index is 2.61. The predicted octanol–water partition coefficient (Wildman–Crippen LogP) is 0.501. The van der Waals surface area contributed by atoms with Crippen LogP contribution in [0.3, 0.4) is 0 Å². The summed E-state index contributed by atoms with van der Waals surface area (Å²) >= 11 is 0. The molecule has 0 spiro atoms. The summed E-state index contributed by atoms with van der Waals surface area (Å²) in [5.74, 6) is 3.73. The maximum Gasteiger partial charge on any atom is 0.381 e. The third kappa shape index (κ3) is 2.24. The molecular formula is C8H10O3. The molecule has 0 aromatic heterocycles. The molecule has 1 aliphatic rings. The zero-order valence-corrected chi connectivity index (χ0v) is 6.39. The molecule has 1 aliphatic heterocycles. The topological polar surface area (TPSA) is 46.5 Å². The summed E-state index contributed by atoms with van der Waals surface area (Å²) in [6, 6.07) is 0. The molecule has 0 radical (unpaired) electrons. The third-order valence-electron chi connectivity index (χ3n) is 1.69. The lowest BCUT2D eigenvalue weighted by atomic mass is 9.91. The summed E-state index contributed by atoms with van der Waals surface area (Å²) in [6.45, 7) is 3.15. The average molecular weight is 154 g/mol. The van der Waals surface area contributed by atoms with Gasteiger partial charge in [-0.05, 0) is 13.3 Å². The second kappa shape index (κ2) is 2.93. The minimum Gasteiger partial charge on any atom is -0.472 e. The molecule has 1 atom stereocenters. The number of hydrogen-bond acceptors (Lipinski definition) is 2. The number of hydrogen-bond donors (Lipinski definition) is 1. The molecule has 1 heterocycles. The van der Waals surface area contributed by atoms with Crippen LogP contribution >= 0.6 is 0 Å². The number of rotatable bonds is 0. The first-order valence-electron chi connectivity index (χ1n) is 3.46. The van der Waals surface area contributed by atoms with Crippen molar-refractivity contribution >= 4 is 5.97 Å². The quantitative estimate of drug-likeness (QED) is 0.517. The van der Waals surface area contributed by atoms with Crippen molar-refractivity contribution in [2.24, 2.45) is 5.41 Å². The van der Waals surface area contributed by atoms with Crippen LogP contribution in [0.2, 0.25) is 0 Å². The van der Waals surface area contributed by atoms with E-state index in [2.05, 4.69) is 11.8 Å². The van der Waals surface area contributed by atoms with E-state index in [1.807, 2.05) is 6.92 Å². The van der Waals surface area contributed by atoms with E-state index < -0.39 is 5.97 Å². The van der Waals surface area contributed by atoms with Gasteiger partial charge < -0.3 is 9.84 Å². The highest BCUT2D eigenvalue weighted by atomic mass is 16.5. The fourth-order valence-electron chi connectivity index (χ4n) is 0.970. The second-order valence-electron chi connectivity index (χ2n) is 2.92. The number of carboxylic acids is 1. The molecule has 1 rings (SSSR count). The normalized spacial score (nSPS) is 29.2. The van der Waals surface area contributed by atoms with Crippen molar-refractivity contribution in [3.63, 3.8) is 0 Å². The summed E-state index contributed by atoms with van der Waals surface area (Å²) in [4.78, 5) is 10.1. The summed E-state index contributed by atoms with van der Waals surface area (Å²) in [5, 5.41) is 8.27. The number of carbonyl (C=O) groups is 1. The first-order valence-corrected chi connectivity index (χ1v) is 3.46. The lowest BCUT2D eigenvalue weighted by Gasteiger charge is -2.10. The number of aliphatic carboxylic acids is 1. The van der Waals surface area contributed by atoms with E-state index in [9.17, 15) is 4.79 Å². The van der Waals surface area contributed by atoms with Crippen molar-refractivity contribution in [2.75, 3.05) is 13.2 Å². The van der Waals surface area contributed by atoms with Gasteiger partial charge in [0, 0.05) is 12.5 Å². The molecule has 60 valence electrons. The van der Waals surface area contributed by atoms with E-state index >= 15 is 0 Å². The minimum atomic E-state index is -1.07. The molecule has 0 aliphatic carbocycles. The minimum absolute atomic E-state index is 0.238. The van der Waals surface area contributed by atoms with Gasteiger partial charge >= 0.3 is 5.97 Å². The van der Waals surface area contributed by atoms with Crippen molar-refractivity contribution in [1.29, 1.82) is 0 Å². The monoisotopic (exact) mass is 154 g/mol. The number of ether oxygens (including phenoxy) is 1. The lowest BCUT2D eigenvalue weighted by Crippen LogP contribution is -2.13. The van der Waals surface area contributed by atoms with E-state index in [1.165, 1.54) is 0 Å². The van der Waals surface area contributed by atoms with Crippen LogP contribution in [0.15, 0.2) is 0 Å². The largest absolute Gasteiger partial charge is 0.472 e. The van der Waals surface area contributed by atoms with Crippen molar-refractivity contribution < 1.29 is 14.6 Å². The van der Waals surface area contributed by atoms with Crippen LogP contribution in [0, 0.1) is 17.3 Å². The zero-order chi connectivity index (χ0) is 8.32. The van der Waals surface area contributed by atoms with E-state index in [4.69, 9.17) is 9.84 Å². The van der Waals surface area contributed by atoms with Gasteiger partial charge in [0.05, 0.1) is 12.0 Å². The highest BCUT2D eigenvalue weighted by molar-refractivity contribution is 5.86. The number of carboxylic acid groups (broad SMARTS) is 1. The van der Waals surface area contributed by atoms with Gasteiger partial charge in [0.2, 0.25) is 0 Å². The van der Waals surface area contributed by atoms with Crippen LogP contribution in [0.4, 0.5) is 0 Å². The molecule has 0 bridgehead atoms. The summed E-state index contributed by atoms with van der Waals surface area (Å²) in [7, 11) is 0. The Labute approximate surface area is 65.4 Å². The van der Waals surface area contributed by atoms with E-state index in [-0.39, 0.29) is 5.41 Å². The lowest BCUT2D eigenvalue weighted by molar-refractivity contribution is -0.130. The average Bonchev–Trinajstić information content (AvgIpc) is 2.33. The van der Waals surface area contributed by atoms with Gasteiger partial charge in [-0.2, -0.15) is 0 Å². The van der Waals surface area contributed by atoms with Crippen LogP contribution < -0.4 is 0 Å². The van der Waals surface area contributed by atoms with Crippen LogP contribution in [0.25, 0.3) is 0 Å². The summed E-state index contributed by atoms with van der Waals surface area (Å²) in [5.41, 5.74) is -0.238. The van der Waals surface area contributed by atoms with Gasteiger partial charge in [-0.25, -0.2) is 4.79 Å². The van der Waals surface area contributed by atoms with Gasteiger partial charge in [-0.3, -0.25) is 0 Å². The zero-order valence-electron chi connectivity index (χ0n) is 6.39. The molecular weight excluding hydrogens is 144 g/mol. The van der Waals surface area contributed by atoms with E-state index in [1.54, 1.807) is 0 Å². The Morgan fingerprint density at radius 3 is 2.91 bits per heavy atom. The summed E-state index contributed by atoms with van der Waals surface area (Å²) < 4.78 is 5.10. The first-order chi connectivity index (χ1) is 5.12. The highest BCUT2D eigenvalue weighted by Crippen LogP contribution is 2.26. The van der Waals surface area contributed by atoms with Gasteiger partial charge in [0.1, 0.15) is 0 Å². The van der Waals surface area contributed by atoms with Gasteiger partial charge in [-0.1, -0.05) is 5.92 Å². The molecule has 3 nitrogen and oxygen atoms in total. The molecule has 0 amide bonds. The SMILES string of the molecule is CC1(C#CC(=O)O)CCOC1. The molecule has 0 aromatic carbocycles. The molecule has 0 aromatic rings. The third-order valence-corrected chi connectivity index (χ3v) is 1.69. The Morgan fingerprint density at radius 2 is 2.45 bits per heavy atom. The molecule has 3 heteroatoms. The predicted molar refractivity (Wildman–Crippen MR) is 39.0 cm³/mol. The van der Waals surface area contributed by atoms with E-state index in [0.29, 0.717) is 13.2 Å². The molecule has 11 heavy (non-hydrogen) atoms. The summed E-state index contributed by atoms with van der Waals surface area (Å²) in [6.07, 6.45) is 0.827. The Morgan fingerprint density at radius 1 is 1.73 bits per heavy atom. The smallest absolute Gasteiger partial charge is 0.381 e. The van der Waals surface area contributed by atoms with Crippen molar-refractivity contribution in [3.8, 4) is 11.8 Å². The first kappa shape index (κ1) is 8.09. The van der Waals surface area contributed by atoms with Crippen LogP contribution in [-0.2, 0) is 9.53 Å². The molecule has 1 fully saturated rings. The molecule has 1 saturated heterocycles. The Hall–Kier alpha value is -1.01. The highest BCUT2D eigenvalue weighted by Gasteiger charge is 2.27. The maximum atomic E-state index is 10.1. The van der Waals surface area contributed by atoms with Crippen LogP contribution in [0.5, 0.6) is 0 Å². The molecule has 1 unspecified atom stereocenters. The maximum absolute atomic E-state index is 10.1. The second-order valence-corrected chi connectivity index (χ2v) is 2.92. The Kier molecular flexibility index (Phi) is 2.16. The van der Waals surface area contributed by atoms with Crippen molar-refractivity contribution in [2.45, 2.75) is 13.3 Å². The fraction of sp³-hybridized carbons (Fsp3) is 0.625. The van der Waals surface area contributed by atoms with Crippen molar-refractivity contribution in [1.82, 2.24) is 0 Å². The van der Waals surface area contributed by atoms with Crippen LogP contribution in [-0.4, -0.2) is 24.3 Å². The van der Waals surface area contributed by atoms with Gasteiger partial charge in [-0.15, -0.1) is 0 Å². The fourth-order valence-corrected chi connectivity index (χ4v) is 0.970. The van der Waals surface area contributed by atoms with Gasteiger partial charge in [0.15, 0.2) is 0 Å². The van der Waals surface area contributed by atoms with Gasteiger partial charge in [0.25, 0.3) is 0 Å². The Bertz CT molecular complexity index is 215. The van der Waals surface area contributed by atoms with E-state index in [0.717, 1.165) is 6.42 Å².